The molecule has 1 aliphatic carbocycles. The van der Waals surface area contributed by atoms with Gasteiger partial charge in [-0.25, -0.2) is 13.8 Å². The standard InChI is InChI=1S/C16H19F2N3/c1-10(19)6-11-7-12(17)16(13(18)8-11)21-9-20-14-4-2-3-5-15(14)21/h7-10H,2-6,19H2,1H3. The van der Waals surface area contributed by atoms with Gasteiger partial charge in [-0.2, -0.15) is 0 Å². The number of aryl methyl sites for hydroxylation is 1. The van der Waals surface area contributed by atoms with Gasteiger partial charge in [0, 0.05) is 11.7 Å². The zero-order chi connectivity index (χ0) is 15.0. The normalized spacial score (nSPS) is 15.8. The first-order valence-corrected chi connectivity index (χ1v) is 7.35. The van der Waals surface area contributed by atoms with E-state index in [1.807, 2.05) is 6.92 Å². The van der Waals surface area contributed by atoms with Gasteiger partial charge in [0.1, 0.15) is 5.69 Å². The van der Waals surface area contributed by atoms with Crippen LogP contribution in [0, 0.1) is 11.6 Å². The highest BCUT2D eigenvalue weighted by Gasteiger charge is 2.21. The largest absolute Gasteiger partial charge is 0.328 e. The van der Waals surface area contributed by atoms with Crippen molar-refractivity contribution in [2.24, 2.45) is 5.73 Å². The van der Waals surface area contributed by atoms with Gasteiger partial charge >= 0.3 is 0 Å². The van der Waals surface area contributed by atoms with E-state index in [-0.39, 0.29) is 11.7 Å². The molecule has 1 aromatic heterocycles. The Balaban J connectivity index is 2.05. The third-order valence-corrected chi connectivity index (χ3v) is 3.91. The molecule has 0 aliphatic heterocycles. The molecule has 0 saturated carbocycles. The molecule has 5 heteroatoms. The lowest BCUT2D eigenvalue weighted by molar-refractivity contribution is 0.557. The SMILES string of the molecule is CC(N)Cc1cc(F)c(-n2cnc3c2CCCC3)c(F)c1. The summed E-state index contributed by atoms with van der Waals surface area (Å²) in [5, 5.41) is 0. The lowest BCUT2D eigenvalue weighted by Crippen LogP contribution is -2.18. The number of nitrogens with two attached hydrogens (primary N) is 1. The Morgan fingerprint density at radius 2 is 1.90 bits per heavy atom. The molecule has 1 unspecified atom stereocenters. The number of nitrogens with zero attached hydrogens (tertiary/aromatic N) is 2. The molecule has 0 bridgehead atoms. The summed E-state index contributed by atoms with van der Waals surface area (Å²) in [4.78, 5) is 4.30. The third kappa shape index (κ3) is 2.70. The number of benzene rings is 1. The predicted octanol–water partition coefficient (Wildman–Crippen LogP) is 2.92. The van der Waals surface area contributed by atoms with Gasteiger partial charge in [0.2, 0.25) is 0 Å². The summed E-state index contributed by atoms with van der Waals surface area (Å²) in [6.45, 7) is 1.82. The van der Waals surface area contributed by atoms with Crippen molar-refractivity contribution in [2.45, 2.75) is 45.1 Å². The fourth-order valence-corrected chi connectivity index (χ4v) is 3.00. The second-order valence-corrected chi connectivity index (χ2v) is 5.80. The van der Waals surface area contributed by atoms with Gasteiger partial charge in [0.25, 0.3) is 0 Å². The molecule has 3 nitrogen and oxygen atoms in total. The Morgan fingerprint density at radius 1 is 1.24 bits per heavy atom. The molecule has 1 atom stereocenters. The minimum Gasteiger partial charge on any atom is -0.328 e. The van der Waals surface area contributed by atoms with Crippen LogP contribution in [0.5, 0.6) is 0 Å². The molecule has 2 aromatic rings. The van der Waals surface area contributed by atoms with Gasteiger partial charge in [0.05, 0.1) is 12.0 Å². The molecule has 0 radical (unpaired) electrons. The summed E-state index contributed by atoms with van der Waals surface area (Å²) >= 11 is 0. The summed E-state index contributed by atoms with van der Waals surface area (Å²) in [6.07, 6.45) is 5.80. The van der Waals surface area contributed by atoms with E-state index in [0.717, 1.165) is 37.1 Å². The van der Waals surface area contributed by atoms with Crippen LogP contribution >= 0.6 is 0 Å². The third-order valence-electron chi connectivity index (χ3n) is 3.91. The van der Waals surface area contributed by atoms with Gasteiger partial charge in [-0.3, -0.25) is 4.57 Å². The number of hydrogen-bond acceptors (Lipinski definition) is 2. The Morgan fingerprint density at radius 3 is 2.57 bits per heavy atom. The summed E-state index contributed by atoms with van der Waals surface area (Å²) in [5.41, 5.74) is 8.13. The molecule has 0 fully saturated rings. The van der Waals surface area contributed by atoms with Gasteiger partial charge < -0.3 is 5.73 Å². The molecule has 2 N–H and O–H groups in total. The molecule has 1 aromatic carbocycles. The Labute approximate surface area is 122 Å². The maximum atomic E-state index is 14.4. The minimum atomic E-state index is -0.559. The zero-order valence-electron chi connectivity index (χ0n) is 12.1. The quantitative estimate of drug-likeness (QED) is 0.945. The molecule has 0 amide bonds. The maximum Gasteiger partial charge on any atom is 0.150 e. The van der Waals surface area contributed by atoms with Crippen molar-refractivity contribution < 1.29 is 8.78 Å². The molecular weight excluding hydrogens is 272 g/mol. The van der Waals surface area contributed by atoms with Crippen LogP contribution in [0.25, 0.3) is 5.69 Å². The van der Waals surface area contributed by atoms with Crippen molar-refractivity contribution in [3.63, 3.8) is 0 Å². The lowest BCUT2D eigenvalue weighted by Gasteiger charge is -2.16. The van der Waals surface area contributed by atoms with Gasteiger partial charge in [-0.15, -0.1) is 0 Å². The van der Waals surface area contributed by atoms with E-state index in [1.54, 1.807) is 4.57 Å². The lowest BCUT2D eigenvalue weighted by atomic mass is 10.0. The molecule has 3 rings (SSSR count). The highest BCUT2D eigenvalue weighted by molar-refractivity contribution is 5.41. The second-order valence-electron chi connectivity index (χ2n) is 5.80. The van der Waals surface area contributed by atoms with Crippen molar-refractivity contribution >= 4 is 0 Å². The average molecular weight is 291 g/mol. The molecule has 112 valence electrons. The van der Waals surface area contributed by atoms with Crippen LogP contribution in [-0.2, 0) is 19.3 Å². The van der Waals surface area contributed by atoms with Crippen molar-refractivity contribution in [1.82, 2.24) is 9.55 Å². The van der Waals surface area contributed by atoms with E-state index in [0.29, 0.717) is 12.0 Å². The Kier molecular flexibility index (Phi) is 3.76. The van der Waals surface area contributed by atoms with Crippen molar-refractivity contribution in [3.05, 3.63) is 47.0 Å². The van der Waals surface area contributed by atoms with Crippen LogP contribution in [0.1, 0.15) is 36.7 Å². The van der Waals surface area contributed by atoms with Gasteiger partial charge in [0.15, 0.2) is 11.6 Å². The number of hydrogen-bond donors (Lipinski definition) is 1. The van der Waals surface area contributed by atoms with Crippen molar-refractivity contribution in [1.29, 1.82) is 0 Å². The number of aromatic nitrogens is 2. The fraction of sp³-hybridized carbons (Fsp3) is 0.438. The monoisotopic (exact) mass is 291 g/mol. The topological polar surface area (TPSA) is 43.8 Å². The van der Waals surface area contributed by atoms with Crippen molar-refractivity contribution in [2.75, 3.05) is 0 Å². The fourth-order valence-electron chi connectivity index (χ4n) is 3.00. The molecule has 1 heterocycles. The Hall–Kier alpha value is -1.75. The molecular formula is C16H19F2N3. The first kappa shape index (κ1) is 14.2. The number of rotatable bonds is 3. The first-order valence-electron chi connectivity index (χ1n) is 7.35. The smallest absolute Gasteiger partial charge is 0.150 e. The van der Waals surface area contributed by atoms with Crippen LogP contribution in [0.3, 0.4) is 0 Å². The molecule has 0 saturated heterocycles. The van der Waals surface area contributed by atoms with E-state index in [1.165, 1.54) is 18.5 Å². The summed E-state index contributed by atoms with van der Waals surface area (Å²) in [6, 6.07) is 2.62. The van der Waals surface area contributed by atoms with Crippen LogP contribution in [0.2, 0.25) is 0 Å². The van der Waals surface area contributed by atoms with Crippen molar-refractivity contribution in [3.8, 4) is 5.69 Å². The number of fused-ring (bicyclic) bond motifs is 1. The van der Waals surface area contributed by atoms with Gasteiger partial charge in [-0.1, -0.05) is 0 Å². The first-order chi connectivity index (χ1) is 10.1. The molecule has 1 aliphatic rings. The van der Waals surface area contributed by atoms with Crippen LogP contribution in [0.4, 0.5) is 8.78 Å². The highest BCUT2D eigenvalue weighted by Crippen LogP contribution is 2.27. The van der Waals surface area contributed by atoms with E-state index < -0.39 is 11.6 Å². The van der Waals surface area contributed by atoms with Crippen LogP contribution < -0.4 is 5.73 Å². The molecule has 0 spiro atoms. The van der Waals surface area contributed by atoms with E-state index in [9.17, 15) is 8.78 Å². The summed E-state index contributed by atoms with van der Waals surface area (Å²) in [5.74, 6) is -1.12. The second kappa shape index (κ2) is 5.56. The van der Waals surface area contributed by atoms with Crippen LogP contribution in [0.15, 0.2) is 18.5 Å². The summed E-state index contributed by atoms with van der Waals surface area (Å²) < 4.78 is 30.3. The minimum absolute atomic E-state index is 0.0286. The maximum absolute atomic E-state index is 14.4. The van der Waals surface area contributed by atoms with Crippen LogP contribution in [-0.4, -0.2) is 15.6 Å². The van der Waals surface area contributed by atoms with Gasteiger partial charge in [-0.05, 0) is 56.7 Å². The van der Waals surface area contributed by atoms with E-state index in [4.69, 9.17) is 5.73 Å². The molecule has 21 heavy (non-hydrogen) atoms. The number of imidazole rings is 1. The number of halogens is 2. The van der Waals surface area contributed by atoms with E-state index >= 15 is 0 Å². The Bertz CT molecular complexity index is 639. The predicted molar refractivity (Wildman–Crippen MR) is 77.5 cm³/mol. The average Bonchev–Trinajstić information content (AvgIpc) is 2.81. The summed E-state index contributed by atoms with van der Waals surface area (Å²) in [7, 11) is 0. The van der Waals surface area contributed by atoms with E-state index in [2.05, 4.69) is 4.98 Å². The highest BCUT2D eigenvalue weighted by atomic mass is 19.1. The zero-order valence-corrected chi connectivity index (χ0v) is 12.1.